The van der Waals surface area contributed by atoms with Crippen molar-refractivity contribution in [1.82, 2.24) is 15.1 Å². The van der Waals surface area contributed by atoms with Gasteiger partial charge in [-0.25, -0.2) is 0 Å². The van der Waals surface area contributed by atoms with E-state index in [1.54, 1.807) is 7.11 Å². The average Bonchev–Trinajstić information content (AvgIpc) is 2.55. The Balaban J connectivity index is 1.72. The number of ether oxygens (including phenoxy) is 1. The lowest BCUT2D eigenvalue weighted by Crippen LogP contribution is -2.49. The van der Waals surface area contributed by atoms with Crippen LogP contribution >= 0.6 is 0 Å². The first-order chi connectivity index (χ1) is 10.6. The first-order valence-electron chi connectivity index (χ1n) is 8.35. The number of nitrogens with one attached hydrogen (secondary N) is 1. The number of likely N-dealkylation sites (N-methyl/N-ethyl adjacent to an activating group) is 1. The van der Waals surface area contributed by atoms with Gasteiger partial charge in [-0.05, 0) is 32.7 Å². The number of carbonyl (C=O) groups excluding carboxylic acids is 2. The number of nitrogens with zero attached hydrogens (tertiary/aromatic N) is 2. The Hall–Kier alpha value is -1.14. The molecular formula is C16H29N3O3. The van der Waals surface area contributed by atoms with Crippen LogP contribution in [0.4, 0.5) is 0 Å². The zero-order valence-corrected chi connectivity index (χ0v) is 13.8. The minimum Gasteiger partial charge on any atom is -0.383 e. The molecule has 1 saturated heterocycles. The van der Waals surface area contributed by atoms with Crippen molar-refractivity contribution in [2.75, 3.05) is 53.5 Å². The van der Waals surface area contributed by atoms with E-state index in [9.17, 15) is 9.59 Å². The van der Waals surface area contributed by atoms with E-state index in [0.29, 0.717) is 19.1 Å². The summed E-state index contributed by atoms with van der Waals surface area (Å²) in [4.78, 5) is 28.8. The van der Waals surface area contributed by atoms with Crippen molar-refractivity contribution in [1.29, 1.82) is 0 Å². The van der Waals surface area contributed by atoms with E-state index in [1.807, 2.05) is 4.90 Å². The predicted octanol–water partition coefficient (Wildman–Crippen LogP) is 0.329. The van der Waals surface area contributed by atoms with Crippen LogP contribution in [0.25, 0.3) is 0 Å². The molecule has 1 aliphatic carbocycles. The number of piperazine rings is 1. The molecule has 0 aromatic carbocycles. The third-order valence-electron chi connectivity index (χ3n) is 4.87. The SMILES string of the molecule is COCCNC(=O)C1CCC(C(=O)N2CCN(C)CC2)CC1. The molecule has 126 valence electrons. The lowest BCUT2D eigenvalue weighted by atomic mass is 9.81. The van der Waals surface area contributed by atoms with Gasteiger partial charge >= 0.3 is 0 Å². The van der Waals surface area contributed by atoms with E-state index >= 15 is 0 Å². The molecule has 0 spiro atoms. The van der Waals surface area contributed by atoms with E-state index in [2.05, 4.69) is 17.3 Å². The standard InChI is InChI=1S/C16H29N3O3/c1-18-8-10-19(11-9-18)16(21)14-5-3-13(4-6-14)15(20)17-7-12-22-2/h13-14H,3-12H2,1-2H3,(H,17,20). The van der Waals surface area contributed by atoms with E-state index < -0.39 is 0 Å². The van der Waals surface area contributed by atoms with Gasteiger partial charge in [-0.2, -0.15) is 0 Å². The van der Waals surface area contributed by atoms with E-state index in [4.69, 9.17) is 4.74 Å². The highest BCUT2D eigenvalue weighted by atomic mass is 16.5. The Morgan fingerprint density at radius 2 is 1.64 bits per heavy atom. The smallest absolute Gasteiger partial charge is 0.225 e. The van der Waals surface area contributed by atoms with E-state index in [1.165, 1.54) is 0 Å². The molecule has 0 atom stereocenters. The molecule has 0 unspecified atom stereocenters. The number of rotatable bonds is 5. The summed E-state index contributed by atoms with van der Waals surface area (Å²) in [6, 6.07) is 0. The zero-order valence-electron chi connectivity index (χ0n) is 13.8. The first-order valence-corrected chi connectivity index (χ1v) is 8.35. The van der Waals surface area contributed by atoms with Crippen LogP contribution in [0, 0.1) is 11.8 Å². The lowest BCUT2D eigenvalue weighted by Gasteiger charge is -2.36. The van der Waals surface area contributed by atoms with E-state index in [-0.39, 0.29) is 17.7 Å². The van der Waals surface area contributed by atoms with Crippen molar-refractivity contribution < 1.29 is 14.3 Å². The third-order valence-corrected chi connectivity index (χ3v) is 4.87. The summed E-state index contributed by atoms with van der Waals surface area (Å²) in [5.41, 5.74) is 0. The molecule has 0 aromatic rings. The van der Waals surface area contributed by atoms with Gasteiger partial charge in [-0.15, -0.1) is 0 Å². The highest BCUT2D eigenvalue weighted by Crippen LogP contribution is 2.30. The summed E-state index contributed by atoms with van der Waals surface area (Å²) >= 11 is 0. The van der Waals surface area contributed by atoms with Gasteiger partial charge in [0.25, 0.3) is 0 Å². The Morgan fingerprint density at radius 1 is 1.05 bits per heavy atom. The lowest BCUT2D eigenvalue weighted by molar-refractivity contribution is -0.139. The van der Waals surface area contributed by atoms with Crippen LogP contribution in [-0.2, 0) is 14.3 Å². The summed E-state index contributed by atoms with van der Waals surface area (Å²) in [5, 5.41) is 2.90. The molecule has 1 aliphatic heterocycles. The predicted molar refractivity (Wildman–Crippen MR) is 84.4 cm³/mol. The molecule has 6 heteroatoms. The van der Waals surface area contributed by atoms with Crippen molar-refractivity contribution in [2.45, 2.75) is 25.7 Å². The zero-order chi connectivity index (χ0) is 15.9. The number of methoxy groups -OCH3 is 1. The molecule has 1 N–H and O–H groups in total. The third kappa shape index (κ3) is 4.68. The quantitative estimate of drug-likeness (QED) is 0.743. The van der Waals surface area contributed by atoms with E-state index in [0.717, 1.165) is 51.9 Å². The molecule has 22 heavy (non-hydrogen) atoms. The van der Waals surface area contributed by atoms with Gasteiger partial charge in [0.05, 0.1) is 6.61 Å². The van der Waals surface area contributed by atoms with Crippen molar-refractivity contribution in [2.24, 2.45) is 11.8 Å². The van der Waals surface area contributed by atoms with Crippen LogP contribution in [0.1, 0.15) is 25.7 Å². The number of hydrogen-bond acceptors (Lipinski definition) is 4. The highest BCUT2D eigenvalue weighted by Gasteiger charge is 2.32. The van der Waals surface area contributed by atoms with Crippen molar-refractivity contribution in [3.05, 3.63) is 0 Å². The van der Waals surface area contributed by atoms with Crippen molar-refractivity contribution in [3.63, 3.8) is 0 Å². The van der Waals surface area contributed by atoms with Gasteiger partial charge in [0.1, 0.15) is 0 Å². The second-order valence-electron chi connectivity index (χ2n) is 6.46. The molecule has 0 aromatic heterocycles. The Kier molecular flexibility index (Phi) is 6.64. The molecule has 2 amide bonds. The summed E-state index contributed by atoms with van der Waals surface area (Å²) in [6.45, 7) is 4.71. The fraction of sp³-hybridized carbons (Fsp3) is 0.875. The van der Waals surface area contributed by atoms with Gasteiger partial charge in [-0.1, -0.05) is 0 Å². The normalized spacial score (nSPS) is 26.7. The molecule has 0 radical (unpaired) electrons. The van der Waals surface area contributed by atoms with Gasteiger partial charge in [0.2, 0.25) is 11.8 Å². The Morgan fingerprint density at radius 3 is 2.23 bits per heavy atom. The summed E-state index contributed by atoms with van der Waals surface area (Å²) in [7, 11) is 3.72. The summed E-state index contributed by atoms with van der Waals surface area (Å²) in [5.74, 6) is 0.591. The van der Waals surface area contributed by atoms with Crippen LogP contribution in [0.5, 0.6) is 0 Å². The maximum Gasteiger partial charge on any atom is 0.225 e. The monoisotopic (exact) mass is 311 g/mol. The molecule has 0 bridgehead atoms. The van der Waals surface area contributed by atoms with Crippen LogP contribution in [-0.4, -0.2) is 75.1 Å². The molecule has 2 rings (SSSR count). The van der Waals surface area contributed by atoms with Crippen molar-refractivity contribution >= 4 is 11.8 Å². The van der Waals surface area contributed by atoms with Gasteiger partial charge in [-0.3, -0.25) is 9.59 Å². The van der Waals surface area contributed by atoms with Gasteiger partial charge in [0.15, 0.2) is 0 Å². The average molecular weight is 311 g/mol. The van der Waals surface area contributed by atoms with Crippen LogP contribution in [0.2, 0.25) is 0 Å². The number of amides is 2. The first kappa shape index (κ1) is 17.2. The minimum absolute atomic E-state index is 0.0633. The summed E-state index contributed by atoms with van der Waals surface area (Å²) < 4.78 is 4.93. The highest BCUT2D eigenvalue weighted by molar-refractivity contribution is 5.81. The second-order valence-corrected chi connectivity index (χ2v) is 6.46. The van der Waals surface area contributed by atoms with Crippen molar-refractivity contribution in [3.8, 4) is 0 Å². The largest absolute Gasteiger partial charge is 0.383 e. The van der Waals surface area contributed by atoms with Gasteiger partial charge in [0, 0.05) is 51.7 Å². The van der Waals surface area contributed by atoms with Crippen LogP contribution in [0.15, 0.2) is 0 Å². The Labute approximate surface area is 133 Å². The minimum atomic E-state index is 0.0633. The fourth-order valence-electron chi connectivity index (χ4n) is 3.31. The fourth-order valence-corrected chi connectivity index (χ4v) is 3.31. The second kappa shape index (κ2) is 8.48. The Bertz CT molecular complexity index is 373. The topological polar surface area (TPSA) is 61.9 Å². The molecular weight excluding hydrogens is 282 g/mol. The molecule has 1 heterocycles. The van der Waals surface area contributed by atoms with Gasteiger partial charge < -0.3 is 19.9 Å². The maximum atomic E-state index is 12.5. The number of carbonyl (C=O) groups is 2. The number of hydrogen-bond donors (Lipinski definition) is 1. The maximum absolute atomic E-state index is 12.5. The van der Waals surface area contributed by atoms with Crippen LogP contribution < -0.4 is 5.32 Å². The van der Waals surface area contributed by atoms with Crippen LogP contribution in [0.3, 0.4) is 0 Å². The molecule has 1 saturated carbocycles. The molecule has 2 aliphatic rings. The molecule has 6 nitrogen and oxygen atoms in total. The molecule has 2 fully saturated rings. The summed E-state index contributed by atoms with van der Waals surface area (Å²) in [6.07, 6.45) is 3.33.